The molecule has 0 spiro atoms. The summed E-state index contributed by atoms with van der Waals surface area (Å²) in [4.78, 5) is 11.8. The lowest BCUT2D eigenvalue weighted by Gasteiger charge is -2.23. The van der Waals surface area contributed by atoms with E-state index in [0.717, 1.165) is 25.8 Å². The molecule has 1 saturated heterocycles. The Balaban J connectivity index is 1.94. The van der Waals surface area contributed by atoms with Crippen molar-refractivity contribution in [3.05, 3.63) is 29.1 Å². The minimum Gasteiger partial charge on any atom is -0.503 e. The van der Waals surface area contributed by atoms with Crippen LogP contribution in [0.3, 0.4) is 0 Å². The number of benzene rings is 1. The first-order valence-corrected chi connectivity index (χ1v) is 6.88. The number of phenolic OH excluding ortho intramolecular Hbond substituents is 1. The number of amides is 1. The van der Waals surface area contributed by atoms with Crippen LogP contribution in [-0.4, -0.2) is 30.1 Å². The molecule has 1 aliphatic rings. The average Bonchev–Trinajstić information content (AvgIpc) is 2.49. The van der Waals surface area contributed by atoms with E-state index >= 15 is 0 Å². The molecule has 1 aromatic carbocycles. The summed E-state index contributed by atoms with van der Waals surface area (Å²) < 4.78 is 39.6. The van der Waals surface area contributed by atoms with Crippen LogP contribution in [0.5, 0.6) is 5.75 Å². The van der Waals surface area contributed by atoms with Gasteiger partial charge in [-0.2, -0.15) is 4.39 Å². The highest BCUT2D eigenvalue weighted by Gasteiger charge is 2.22. The van der Waals surface area contributed by atoms with Gasteiger partial charge in [-0.15, -0.1) is 0 Å². The Morgan fingerprint density at radius 2 is 2.10 bits per heavy atom. The molecule has 1 amide bonds. The smallest absolute Gasteiger partial charge is 0.254 e. The molecule has 0 bridgehead atoms. The normalized spacial score (nSPS) is 18.5. The lowest BCUT2D eigenvalue weighted by Crippen LogP contribution is -2.37. The summed E-state index contributed by atoms with van der Waals surface area (Å²) in [5.41, 5.74) is -0.706. The first-order chi connectivity index (χ1) is 10.0. The number of aromatic hydroxyl groups is 1. The van der Waals surface area contributed by atoms with Gasteiger partial charge in [-0.25, -0.2) is 8.78 Å². The van der Waals surface area contributed by atoms with Gasteiger partial charge in [-0.05, 0) is 31.9 Å². The first-order valence-electron chi connectivity index (χ1n) is 6.88. The summed E-state index contributed by atoms with van der Waals surface area (Å²) in [5.74, 6) is -6.97. The molecule has 1 heterocycles. The number of carbonyl (C=O) groups excluding carboxylic acids is 1. The van der Waals surface area contributed by atoms with Crippen molar-refractivity contribution >= 4 is 5.91 Å². The van der Waals surface area contributed by atoms with E-state index in [-0.39, 0.29) is 6.54 Å². The van der Waals surface area contributed by atoms with Crippen LogP contribution >= 0.6 is 0 Å². The summed E-state index contributed by atoms with van der Waals surface area (Å²) in [6.07, 6.45) is 3.93. The molecule has 3 N–H and O–H groups in total. The van der Waals surface area contributed by atoms with Gasteiger partial charge >= 0.3 is 0 Å². The zero-order chi connectivity index (χ0) is 15.4. The average molecular weight is 302 g/mol. The highest BCUT2D eigenvalue weighted by molar-refractivity contribution is 5.94. The molecule has 7 heteroatoms. The molecular weight excluding hydrogens is 285 g/mol. The monoisotopic (exact) mass is 302 g/mol. The predicted molar refractivity (Wildman–Crippen MR) is 70.6 cm³/mol. The Hall–Kier alpha value is -1.76. The third-order valence-corrected chi connectivity index (χ3v) is 3.57. The zero-order valence-corrected chi connectivity index (χ0v) is 11.4. The van der Waals surface area contributed by atoms with Gasteiger partial charge in [0.15, 0.2) is 17.4 Å². The van der Waals surface area contributed by atoms with Gasteiger partial charge in [0, 0.05) is 12.6 Å². The van der Waals surface area contributed by atoms with Crippen molar-refractivity contribution in [3.63, 3.8) is 0 Å². The summed E-state index contributed by atoms with van der Waals surface area (Å²) >= 11 is 0. The van der Waals surface area contributed by atoms with E-state index in [1.165, 1.54) is 0 Å². The third-order valence-electron chi connectivity index (χ3n) is 3.57. The minimum atomic E-state index is -1.70. The van der Waals surface area contributed by atoms with E-state index in [1.54, 1.807) is 0 Å². The Morgan fingerprint density at radius 3 is 2.76 bits per heavy atom. The van der Waals surface area contributed by atoms with Crippen LogP contribution in [0.15, 0.2) is 6.07 Å². The standard InChI is InChI=1S/C14H17F3N2O2/c15-10-7-9(11(16)13(20)12(10)17)14(21)19-6-4-8-3-1-2-5-18-8/h7-8,18,20H,1-6H2,(H,19,21). The number of phenols is 1. The van der Waals surface area contributed by atoms with Crippen molar-refractivity contribution in [2.45, 2.75) is 31.7 Å². The fourth-order valence-electron chi connectivity index (χ4n) is 2.38. The quantitative estimate of drug-likeness (QED) is 0.746. The topological polar surface area (TPSA) is 61.4 Å². The number of hydrogen-bond acceptors (Lipinski definition) is 3. The number of piperidine rings is 1. The molecule has 0 saturated carbocycles. The second-order valence-corrected chi connectivity index (χ2v) is 5.07. The molecule has 1 atom stereocenters. The summed E-state index contributed by atoms with van der Waals surface area (Å²) in [5, 5.41) is 14.8. The number of halogens is 3. The number of rotatable bonds is 4. The maximum absolute atomic E-state index is 13.5. The van der Waals surface area contributed by atoms with Gasteiger partial charge in [0.25, 0.3) is 5.91 Å². The Kier molecular flexibility index (Phi) is 5.06. The van der Waals surface area contributed by atoms with E-state index in [4.69, 9.17) is 5.11 Å². The fourth-order valence-corrected chi connectivity index (χ4v) is 2.38. The van der Waals surface area contributed by atoms with Crippen molar-refractivity contribution < 1.29 is 23.1 Å². The molecule has 1 aromatic rings. The van der Waals surface area contributed by atoms with Crippen LogP contribution in [0, 0.1) is 17.5 Å². The van der Waals surface area contributed by atoms with Crippen molar-refractivity contribution in [2.24, 2.45) is 0 Å². The van der Waals surface area contributed by atoms with Crippen LogP contribution in [-0.2, 0) is 0 Å². The van der Waals surface area contributed by atoms with E-state index in [1.807, 2.05) is 0 Å². The number of nitrogens with one attached hydrogen (secondary N) is 2. The Bertz CT molecular complexity index is 531. The van der Waals surface area contributed by atoms with E-state index in [9.17, 15) is 18.0 Å². The molecule has 1 aliphatic heterocycles. The van der Waals surface area contributed by atoms with Crippen molar-refractivity contribution in [1.29, 1.82) is 0 Å². The van der Waals surface area contributed by atoms with Crippen molar-refractivity contribution in [3.8, 4) is 5.75 Å². The van der Waals surface area contributed by atoms with Crippen LogP contribution in [0.2, 0.25) is 0 Å². The molecule has 1 unspecified atom stereocenters. The van der Waals surface area contributed by atoms with E-state index in [2.05, 4.69) is 10.6 Å². The molecular formula is C14H17F3N2O2. The van der Waals surface area contributed by atoms with Crippen LogP contribution in [0.1, 0.15) is 36.0 Å². The predicted octanol–water partition coefficient (Wildman–Crippen LogP) is 2.07. The van der Waals surface area contributed by atoms with Crippen molar-refractivity contribution in [2.75, 3.05) is 13.1 Å². The Morgan fingerprint density at radius 1 is 1.33 bits per heavy atom. The van der Waals surface area contributed by atoms with Gasteiger partial charge in [0.2, 0.25) is 5.82 Å². The van der Waals surface area contributed by atoms with E-state index in [0.29, 0.717) is 18.5 Å². The molecule has 1 fully saturated rings. The molecule has 21 heavy (non-hydrogen) atoms. The maximum atomic E-state index is 13.5. The van der Waals surface area contributed by atoms with Crippen LogP contribution in [0.25, 0.3) is 0 Å². The summed E-state index contributed by atoms with van der Waals surface area (Å²) in [6.45, 7) is 1.22. The summed E-state index contributed by atoms with van der Waals surface area (Å²) in [7, 11) is 0. The molecule has 0 aliphatic carbocycles. The zero-order valence-electron chi connectivity index (χ0n) is 11.4. The minimum absolute atomic E-state index is 0.287. The highest BCUT2D eigenvalue weighted by Crippen LogP contribution is 2.25. The molecule has 0 radical (unpaired) electrons. The lowest BCUT2D eigenvalue weighted by molar-refractivity contribution is 0.0946. The maximum Gasteiger partial charge on any atom is 0.254 e. The number of hydrogen-bond donors (Lipinski definition) is 3. The second kappa shape index (κ2) is 6.80. The molecule has 2 rings (SSSR count). The summed E-state index contributed by atoms with van der Waals surface area (Å²) in [6, 6.07) is 0.737. The second-order valence-electron chi connectivity index (χ2n) is 5.07. The number of carbonyl (C=O) groups is 1. The van der Waals surface area contributed by atoms with Crippen LogP contribution < -0.4 is 10.6 Å². The van der Waals surface area contributed by atoms with E-state index < -0.39 is 34.7 Å². The van der Waals surface area contributed by atoms with Gasteiger partial charge in [-0.1, -0.05) is 6.42 Å². The van der Waals surface area contributed by atoms with Crippen LogP contribution in [0.4, 0.5) is 13.2 Å². The highest BCUT2D eigenvalue weighted by atomic mass is 19.2. The fraction of sp³-hybridized carbons (Fsp3) is 0.500. The van der Waals surface area contributed by atoms with Gasteiger partial charge in [-0.3, -0.25) is 4.79 Å². The molecule has 0 aromatic heterocycles. The van der Waals surface area contributed by atoms with Gasteiger partial charge < -0.3 is 15.7 Å². The van der Waals surface area contributed by atoms with Crippen molar-refractivity contribution in [1.82, 2.24) is 10.6 Å². The Labute approximate surface area is 120 Å². The first kappa shape index (κ1) is 15.6. The van der Waals surface area contributed by atoms with Gasteiger partial charge in [0.1, 0.15) is 0 Å². The largest absolute Gasteiger partial charge is 0.503 e. The third kappa shape index (κ3) is 3.66. The van der Waals surface area contributed by atoms with Gasteiger partial charge in [0.05, 0.1) is 5.56 Å². The molecule has 116 valence electrons. The lowest BCUT2D eigenvalue weighted by atomic mass is 10.0. The SMILES string of the molecule is O=C(NCCC1CCCCN1)c1cc(F)c(F)c(O)c1F. The molecule has 4 nitrogen and oxygen atoms in total.